The van der Waals surface area contributed by atoms with E-state index in [1.54, 1.807) is 4.90 Å². The summed E-state index contributed by atoms with van der Waals surface area (Å²) >= 11 is 1.51. The number of hydrogen-bond acceptors (Lipinski definition) is 3. The topological polar surface area (TPSA) is 49.4 Å². The molecule has 118 valence electrons. The number of benzene rings is 1. The Kier molecular flexibility index (Phi) is 3.65. The van der Waals surface area contributed by atoms with E-state index in [4.69, 9.17) is 0 Å². The molecule has 1 aromatic carbocycles. The van der Waals surface area contributed by atoms with Crippen LogP contribution < -0.4 is 10.2 Å². The van der Waals surface area contributed by atoms with E-state index in [1.807, 2.05) is 36.4 Å². The first-order valence-corrected chi connectivity index (χ1v) is 8.82. The second kappa shape index (κ2) is 5.81. The molecule has 1 aliphatic heterocycles. The van der Waals surface area contributed by atoms with Crippen LogP contribution in [0.4, 0.5) is 5.69 Å². The Bertz CT molecular complexity index is 750. The molecule has 0 atom stereocenters. The molecule has 2 aliphatic rings. The fourth-order valence-electron chi connectivity index (χ4n) is 2.87. The monoisotopic (exact) mass is 326 g/mol. The van der Waals surface area contributed by atoms with E-state index in [0.29, 0.717) is 22.9 Å². The predicted molar refractivity (Wildman–Crippen MR) is 91.2 cm³/mol. The molecule has 1 N–H and O–H groups in total. The van der Waals surface area contributed by atoms with E-state index in [1.165, 1.54) is 24.2 Å². The SMILES string of the molecule is O=C(NCC1CC1)c1cc2c(s1)CCN2C(=O)c1ccccc1. The quantitative estimate of drug-likeness (QED) is 0.938. The number of fused-ring (bicyclic) bond motifs is 1. The largest absolute Gasteiger partial charge is 0.351 e. The van der Waals surface area contributed by atoms with E-state index < -0.39 is 0 Å². The molecule has 4 nitrogen and oxygen atoms in total. The molecule has 0 unspecified atom stereocenters. The summed E-state index contributed by atoms with van der Waals surface area (Å²) in [5.41, 5.74) is 1.59. The molecule has 0 radical (unpaired) electrons. The molecule has 2 heterocycles. The number of nitrogens with zero attached hydrogens (tertiary/aromatic N) is 1. The smallest absolute Gasteiger partial charge is 0.261 e. The van der Waals surface area contributed by atoms with Crippen molar-refractivity contribution in [3.8, 4) is 0 Å². The zero-order chi connectivity index (χ0) is 15.8. The molecule has 1 saturated carbocycles. The summed E-state index contributed by atoms with van der Waals surface area (Å²) in [6.07, 6.45) is 3.27. The molecule has 1 aliphatic carbocycles. The van der Waals surface area contributed by atoms with Crippen molar-refractivity contribution < 1.29 is 9.59 Å². The number of nitrogens with one attached hydrogen (secondary N) is 1. The van der Waals surface area contributed by atoms with Crippen LogP contribution in [0.2, 0.25) is 0 Å². The maximum absolute atomic E-state index is 12.6. The van der Waals surface area contributed by atoms with Crippen molar-refractivity contribution in [3.05, 3.63) is 51.7 Å². The number of hydrogen-bond donors (Lipinski definition) is 1. The van der Waals surface area contributed by atoms with Crippen LogP contribution in [0.15, 0.2) is 36.4 Å². The van der Waals surface area contributed by atoms with Gasteiger partial charge >= 0.3 is 0 Å². The first-order valence-electron chi connectivity index (χ1n) is 8.00. The highest BCUT2D eigenvalue weighted by molar-refractivity contribution is 7.14. The van der Waals surface area contributed by atoms with Crippen molar-refractivity contribution >= 4 is 28.8 Å². The van der Waals surface area contributed by atoms with Crippen LogP contribution in [-0.2, 0) is 6.42 Å². The van der Waals surface area contributed by atoms with Crippen molar-refractivity contribution in [2.75, 3.05) is 18.0 Å². The highest BCUT2D eigenvalue weighted by atomic mass is 32.1. The van der Waals surface area contributed by atoms with Gasteiger partial charge in [0.1, 0.15) is 0 Å². The standard InChI is InChI=1S/C18H18N2O2S/c21-17(19-11-12-6-7-12)16-10-14-15(23-16)8-9-20(14)18(22)13-4-2-1-3-5-13/h1-5,10,12H,6-9,11H2,(H,19,21). The van der Waals surface area contributed by atoms with Gasteiger partial charge in [0.05, 0.1) is 10.6 Å². The molecule has 23 heavy (non-hydrogen) atoms. The van der Waals surface area contributed by atoms with Crippen molar-refractivity contribution in [1.29, 1.82) is 0 Å². The zero-order valence-corrected chi connectivity index (χ0v) is 13.6. The van der Waals surface area contributed by atoms with Gasteiger partial charge in [-0.3, -0.25) is 9.59 Å². The van der Waals surface area contributed by atoms with Crippen molar-refractivity contribution in [2.24, 2.45) is 5.92 Å². The van der Waals surface area contributed by atoms with Crippen LogP contribution in [0.3, 0.4) is 0 Å². The Morgan fingerprint density at radius 1 is 1.22 bits per heavy atom. The second-order valence-corrected chi connectivity index (χ2v) is 7.28. The lowest BCUT2D eigenvalue weighted by Gasteiger charge is -2.16. The number of carbonyl (C=O) groups excluding carboxylic acids is 2. The van der Waals surface area contributed by atoms with Crippen LogP contribution >= 0.6 is 11.3 Å². The minimum absolute atomic E-state index is 0.00656. The van der Waals surface area contributed by atoms with E-state index in [2.05, 4.69) is 5.32 Å². The Morgan fingerprint density at radius 2 is 2.00 bits per heavy atom. The Balaban J connectivity index is 1.52. The van der Waals surface area contributed by atoms with Gasteiger partial charge in [-0.05, 0) is 37.0 Å². The average Bonchev–Trinajstić information content (AvgIpc) is 3.18. The summed E-state index contributed by atoms with van der Waals surface area (Å²) in [4.78, 5) is 28.5. The Labute approximate surface area is 139 Å². The number of anilines is 1. The molecular weight excluding hydrogens is 308 g/mol. The van der Waals surface area contributed by atoms with Crippen LogP contribution in [0.1, 0.15) is 37.7 Å². The summed E-state index contributed by atoms with van der Waals surface area (Å²) in [6, 6.07) is 11.2. The molecule has 2 amide bonds. The van der Waals surface area contributed by atoms with Gasteiger partial charge in [0, 0.05) is 30.0 Å². The first kappa shape index (κ1) is 14.5. The van der Waals surface area contributed by atoms with Crippen LogP contribution in [0.5, 0.6) is 0 Å². The van der Waals surface area contributed by atoms with Gasteiger partial charge in [-0.15, -0.1) is 11.3 Å². The predicted octanol–water partition coefficient (Wildman–Crippen LogP) is 3.09. The zero-order valence-electron chi connectivity index (χ0n) is 12.7. The molecule has 1 aromatic heterocycles. The third-order valence-corrected chi connectivity index (χ3v) is 5.56. The normalized spacial score (nSPS) is 16.3. The second-order valence-electron chi connectivity index (χ2n) is 6.15. The molecule has 0 saturated heterocycles. The van der Waals surface area contributed by atoms with Gasteiger partial charge in [-0.1, -0.05) is 18.2 Å². The summed E-state index contributed by atoms with van der Waals surface area (Å²) in [6.45, 7) is 1.47. The van der Waals surface area contributed by atoms with Crippen LogP contribution in [0.25, 0.3) is 0 Å². The molecule has 4 rings (SSSR count). The van der Waals surface area contributed by atoms with E-state index in [0.717, 1.165) is 23.5 Å². The highest BCUT2D eigenvalue weighted by Gasteiger charge is 2.29. The van der Waals surface area contributed by atoms with Gasteiger partial charge in [-0.25, -0.2) is 0 Å². The van der Waals surface area contributed by atoms with Crippen molar-refractivity contribution in [3.63, 3.8) is 0 Å². The first-order chi connectivity index (χ1) is 11.2. The lowest BCUT2D eigenvalue weighted by molar-refractivity contribution is 0.0953. The lowest BCUT2D eigenvalue weighted by Crippen LogP contribution is -2.29. The average molecular weight is 326 g/mol. The van der Waals surface area contributed by atoms with Crippen molar-refractivity contribution in [2.45, 2.75) is 19.3 Å². The number of amides is 2. The summed E-state index contributed by atoms with van der Waals surface area (Å²) in [7, 11) is 0. The van der Waals surface area contributed by atoms with Crippen LogP contribution in [0, 0.1) is 5.92 Å². The van der Waals surface area contributed by atoms with Gasteiger partial charge in [0.2, 0.25) is 0 Å². The Hall–Kier alpha value is -2.14. The van der Waals surface area contributed by atoms with Gasteiger partial charge in [0.15, 0.2) is 0 Å². The molecule has 1 fully saturated rings. The summed E-state index contributed by atoms with van der Waals surface area (Å²) < 4.78 is 0. The minimum atomic E-state index is -0.0107. The number of rotatable bonds is 4. The van der Waals surface area contributed by atoms with Gasteiger partial charge in [-0.2, -0.15) is 0 Å². The molecular formula is C18H18N2O2S. The fourth-order valence-corrected chi connectivity index (χ4v) is 3.93. The molecule has 2 aromatic rings. The van der Waals surface area contributed by atoms with E-state index in [-0.39, 0.29) is 11.8 Å². The number of carbonyl (C=O) groups is 2. The number of thiophene rings is 1. The third kappa shape index (κ3) is 2.88. The van der Waals surface area contributed by atoms with Crippen molar-refractivity contribution in [1.82, 2.24) is 5.32 Å². The molecule has 0 bridgehead atoms. The summed E-state index contributed by atoms with van der Waals surface area (Å²) in [5.74, 6) is 0.664. The van der Waals surface area contributed by atoms with E-state index in [9.17, 15) is 9.59 Å². The maximum Gasteiger partial charge on any atom is 0.261 e. The van der Waals surface area contributed by atoms with Gasteiger partial charge in [0.25, 0.3) is 11.8 Å². The Morgan fingerprint density at radius 3 is 2.74 bits per heavy atom. The maximum atomic E-state index is 12.6. The lowest BCUT2D eigenvalue weighted by atomic mass is 10.2. The highest BCUT2D eigenvalue weighted by Crippen LogP contribution is 2.37. The third-order valence-electron chi connectivity index (χ3n) is 4.38. The van der Waals surface area contributed by atoms with Gasteiger partial charge < -0.3 is 10.2 Å². The minimum Gasteiger partial charge on any atom is -0.351 e. The molecule has 0 spiro atoms. The summed E-state index contributed by atoms with van der Waals surface area (Å²) in [5, 5.41) is 2.99. The molecule has 5 heteroatoms. The van der Waals surface area contributed by atoms with E-state index >= 15 is 0 Å². The fraction of sp³-hybridized carbons (Fsp3) is 0.333. The van der Waals surface area contributed by atoms with Crippen LogP contribution in [-0.4, -0.2) is 24.9 Å².